The van der Waals surface area contributed by atoms with E-state index in [1.807, 2.05) is 0 Å². The lowest BCUT2D eigenvalue weighted by Crippen LogP contribution is -2.52. The average Bonchev–Trinajstić information content (AvgIpc) is 3.05. The first-order chi connectivity index (χ1) is 10.1. The van der Waals surface area contributed by atoms with E-state index in [4.69, 9.17) is 0 Å². The molecule has 0 aromatic rings. The van der Waals surface area contributed by atoms with Crippen molar-refractivity contribution in [2.24, 2.45) is 0 Å². The molecule has 0 bridgehead atoms. The largest absolute Gasteiger partial charge is 0.341 e. The summed E-state index contributed by atoms with van der Waals surface area (Å²) in [5.74, 6) is -0.309. The van der Waals surface area contributed by atoms with Crippen molar-refractivity contribution in [3.05, 3.63) is 0 Å². The standard InChI is InChI=1S/C15H23N3O3/c1-11(12(19)17-9-5-2-6-10-17)18-13(20)15(16-14(18)21)7-3-4-8-15/h11H,2-10H2,1H3,(H,16,21)/t11-/m1/s1. The molecule has 1 saturated carbocycles. The number of nitrogens with zero attached hydrogens (tertiary/aromatic N) is 2. The molecule has 0 aromatic carbocycles. The number of carbonyl (C=O) groups excluding carboxylic acids is 3. The van der Waals surface area contributed by atoms with Crippen LogP contribution in [0.15, 0.2) is 0 Å². The fourth-order valence-corrected chi connectivity index (χ4v) is 3.80. The van der Waals surface area contributed by atoms with E-state index in [0.717, 1.165) is 50.1 Å². The van der Waals surface area contributed by atoms with E-state index in [1.165, 1.54) is 0 Å². The van der Waals surface area contributed by atoms with Gasteiger partial charge in [0.1, 0.15) is 11.6 Å². The van der Waals surface area contributed by atoms with Gasteiger partial charge in [0, 0.05) is 13.1 Å². The van der Waals surface area contributed by atoms with Gasteiger partial charge in [-0.05, 0) is 39.0 Å². The van der Waals surface area contributed by atoms with E-state index in [-0.39, 0.29) is 11.8 Å². The highest BCUT2D eigenvalue weighted by Gasteiger charge is 2.54. The van der Waals surface area contributed by atoms with Gasteiger partial charge in [-0.3, -0.25) is 9.59 Å². The summed E-state index contributed by atoms with van der Waals surface area (Å²) >= 11 is 0. The van der Waals surface area contributed by atoms with Crippen LogP contribution in [0, 0.1) is 0 Å². The Morgan fingerprint density at radius 1 is 1.10 bits per heavy atom. The number of carbonyl (C=O) groups is 3. The van der Waals surface area contributed by atoms with Crippen LogP contribution < -0.4 is 5.32 Å². The number of amides is 4. The first-order valence-electron chi connectivity index (χ1n) is 8.00. The molecule has 0 radical (unpaired) electrons. The van der Waals surface area contributed by atoms with Crippen molar-refractivity contribution in [2.45, 2.75) is 63.5 Å². The van der Waals surface area contributed by atoms with Crippen LogP contribution in [0.3, 0.4) is 0 Å². The molecule has 1 N–H and O–H groups in total. The maximum absolute atomic E-state index is 12.6. The van der Waals surface area contributed by atoms with Gasteiger partial charge in [-0.1, -0.05) is 12.8 Å². The molecule has 0 aromatic heterocycles. The lowest BCUT2D eigenvalue weighted by atomic mass is 9.97. The summed E-state index contributed by atoms with van der Waals surface area (Å²) in [5.41, 5.74) is -0.729. The quantitative estimate of drug-likeness (QED) is 0.779. The Morgan fingerprint density at radius 3 is 2.33 bits per heavy atom. The molecule has 2 aliphatic heterocycles. The van der Waals surface area contributed by atoms with Gasteiger partial charge in [0.2, 0.25) is 5.91 Å². The summed E-state index contributed by atoms with van der Waals surface area (Å²) in [6.45, 7) is 3.14. The topological polar surface area (TPSA) is 69.7 Å². The molecule has 2 heterocycles. The second kappa shape index (κ2) is 5.31. The van der Waals surface area contributed by atoms with Crippen LogP contribution in [0.5, 0.6) is 0 Å². The van der Waals surface area contributed by atoms with E-state index in [0.29, 0.717) is 12.8 Å². The number of nitrogens with one attached hydrogen (secondary N) is 1. The maximum Gasteiger partial charge on any atom is 0.325 e. The molecule has 21 heavy (non-hydrogen) atoms. The van der Waals surface area contributed by atoms with Crippen LogP contribution in [-0.4, -0.2) is 52.3 Å². The van der Waals surface area contributed by atoms with Crippen molar-refractivity contribution in [3.8, 4) is 0 Å². The zero-order chi connectivity index (χ0) is 15.0. The number of hydrogen-bond donors (Lipinski definition) is 1. The molecule has 1 spiro atoms. The summed E-state index contributed by atoms with van der Waals surface area (Å²) < 4.78 is 0. The molecule has 116 valence electrons. The minimum Gasteiger partial charge on any atom is -0.341 e. The summed E-state index contributed by atoms with van der Waals surface area (Å²) in [7, 11) is 0. The van der Waals surface area contributed by atoms with Crippen LogP contribution in [-0.2, 0) is 9.59 Å². The zero-order valence-electron chi connectivity index (χ0n) is 12.6. The number of rotatable bonds is 2. The van der Waals surface area contributed by atoms with Gasteiger partial charge in [0.15, 0.2) is 0 Å². The molecule has 3 aliphatic rings. The number of imide groups is 1. The van der Waals surface area contributed by atoms with Gasteiger partial charge in [0.05, 0.1) is 0 Å². The van der Waals surface area contributed by atoms with Crippen molar-refractivity contribution in [3.63, 3.8) is 0 Å². The Bertz CT molecular complexity index is 465. The highest BCUT2D eigenvalue weighted by atomic mass is 16.2. The van der Waals surface area contributed by atoms with Crippen LogP contribution in [0.1, 0.15) is 51.9 Å². The lowest BCUT2D eigenvalue weighted by Gasteiger charge is -2.32. The summed E-state index contributed by atoms with van der Waals surface area (Å²) in [6.07, 6.45) is 6.44. The summed E-state index contributed by atoms with van der Waals surface area (Å²) in [6, 6.07) is -1.10. The van der Waals surface area contributed by atoms with Gasteiger partial charge >= 0.3 is 6.03 Å². The minimum absolute atomic E-state index is 0.103. The molecule has 4 amide bonds. The predicted octanol–water partition coefficient (Wildman–Crippen LogP) is 1.25. The molecule has 6 nitrogen and oxygen atoms in total. The Morgan fingerprint density at radius 2 is 1.71 bits per heavy atom. The third kappa shape index (κ3) is 2.30. The lowest BCUT2D eigenvalue weighted by molar-refractivity contribution is -0.143. The van der Waals surface area contributed by atoms with Crippen LogP contribution in [0.2, 0.25) is 0 Å². The summed E-state index contributed by atoms with van der Waals surface area (Å²) in [4.78, 5) is 40.3. The first-order valence-corrected chi connectivity index (χ1v) is 8.00. The Kier molecular flexibility index (Phi) is 3.63. The number of hydrogen-bond acceptors (Lipinski definition) is 3. The molecule has 3 rings (SSSR count). The van der Waals surface area contributed by atoms with Gasteiger partial charge in [0.25, 0.3) is 5.91 Å². The highest BCUT2D eigenvalue weighted by Crippen LogP contribution is 2.36. The van der Waals surface area contributed by atoms with E-state index in [2.05, 4.69) is 5.32 Å². The summed E-state index contributed by atoms with van der Waals surface area (Å²) in [5, 5.41) is 2.83. The number of piperidine rings is 1. The van der Waals surface area contributed by atoms with Crippen LogP contribution >= 0.6 is 0 Å². The van der Waals surface area contributed by atoms with E-state index >= 15 is 0 Å². The monoisotopic (exact) mass is 293 g/mol. The molecular formula is C15H23N3O3. The number of urea groups is 1. The predicted molar refractivity (Wildman–Crippen MR) is 76.5 cm³/mol. The fraction of sp³-hybridized carbons (Fsp3) is 0.800. The Labute approximate surface area is 124 Å². The van der Waals surface area contributed by atoms with Crippen LogP contribution in [0.25, 0.3) is 0 Å². The fourth-order valence-electron chi connectivity index (χ4n) is 3.80. The molecule has 2 saturated heterocycles. The second-order valence-electron chi connectivity index (χ2n) is 6.46. The highest BCUT2D eigenvalue weighted by molar-refractivity contribution is 6.09. The van der Waals surface area contributed by atoms with Crippen molar-refractivity contribution in [2.75, 3.05) is 13.1 Å². The second-order valence-corrected chi connectivity index (χ2v) is 6.46. The SMILES string of the molecule is C[C@H](C(=O)N1CCCCC1)N1C(=O)NC2(CCCC2)C1=O. The molecule has 1 aliphatic carbocycles. The number of likely N-dealkylation sites (tertiary alicyclic amines) is 1. The maximum atomic E-state index is 12.6. The van der Waals surface area contributed by atoms with Gasteiger partial charge in [-0.15, -0.1) is 0 Å². The molecule has 1 atom stereocenters. The van der Waals surface area contributed by atoms with Crippen molar-refractivity contribution < 1.29 is 14.4 Å². The minimum atomic E-state index is -0.729. The molecule has 0 unspecified atom stereocenters. The van der Waals surface area contributed by atoms with E-state index in [1.54, 1.807) is 11.8 Å². The molecular weight excluding hydrogens is 270 g/mol. The third-order valence-electron chi connectivity index (χ3n) is 5.06. The Hall–Kier alpha value is -1.59. The average molecular weight is 293 g/mol. The Balaban J connectivity index is 1.74. The van der Waals surface area contributed by atoms with Crippen molar-refractivity contribution in [1.82, 2.24) is 15.1 Å². The van der Waals surface area contributed by atoms with Gasteiger partial charge in [-0.2, -0.15) is 0 Å². The molecule has 6 heteroatoms. The molecule has 3 fully saturated rings. The first kappa shape index (κ1) is 14.4. The van der Waals surface area contributed by atoms with Crippen LogP contribution in [0.4, 0.5) is 4.79 Å². The van der Waals surface area contributed by atoms with E-state index in [9.17, 15) is 14.4 Å². The smallest absolute Gasteiger partial charge is 0.325 e. The van der Waals surface area contributed by atoms with E-state index < -0.39 is 17.6 Å². The van der Waals surface area contributed by atoms with Gasteiger partial charge < -0.3 is 10.2 Å². The zero-order valence-corrected chi connectivity index (χ0v) is 12.6. The van der Waals surface area contributed by atoms with Crippen molar-refractivity contribution in [1.29, 1.82) is 0 Å². The van der Waals surface area contributed by atoms with Crippen molar-refractivity contribution >= 4 is 17.8 Å². The van der Waals surface area contributed by atoms with Gasteiger partial charge in [-0.25, -0.2) is 9.69 Å². The third-order valence-corrected chi connectivity index (χ3v) is 5.06. The normalized spacial score (nSPS) is 26.3.